The van der Waals surface area contributed by atoms with Gasteiger partial charge in [0.2, 0.25) is 10.0 Å². The summed E-state index contributed by atoms with van der Waals surface area (Å²) in [5.74, 6) is -0.668. The van der Waals surface area contributed by atoms with E-state index in [4.69, 9.17) is 5.73 Å². The quantitative estimate of drug-likeness (QED) is 0.648. The number of nitrogens with two attached hydrogens (primary N) is 1. The highest BCUT2D eigenvalue weighted by molar-refractivity contribution is 7.89. The fourth-order valence-electron chi connectivity index (χ4n) is 0.763. The van der Waals surface area contributed by atoms with Crippen molar-refractivity contribution in [1.82, 2.24) is 4.72 Å². The lowest BCUT2D eigenvalue weighted by Crippen LogP contribution is -2.46. The van der Waals surface area contributed by atoms with Gasteiger partial charge >= 0.3 is 0 Å². The third kappa shape index (κ3) is 4.84. The van der Waals surface area contributed by atoms with Crippen molar-refractivity contribution in [3.63, 3.8) is 0 Å². The predicted octanol–water partition coefficient (Wildman–Crippen LogP) is -0.564. The van der Waals surface area contributed by atoms with Crippen LogP contribution in [0.25, 0.3) is 0 Å². The third-order valence-corrected chi connectivity index (χ3v) is 2.42. The molecule has 0 radical (unpaired) electrons. The van der Waals surface area contributed by atoms with E-state index in [1.54, 1.807) is 6.92 Å². The second kappa shape index (κ2) is 4.57. The van der Waals surface area contributed by atoms with Crippen molar-refractivity contribution in [2.75, 3.05) is 6.26 Å². The van der Waals surface area contributed by atoms with Gasteiger partial charge in [0.1, 0.15) is 0 Å². The molecule has 0 bridgehead atoms. The zero-order valence-corrected chi connectivity index (χ0v) is 8.89. The van der Waals surface area contributed by atoms with E-state index in [-0.39, 0.29) is 5.92 Å². The second-order valence-corrected chi connectivity index (χ2v) is 4.90. The topological polar surface area (TPSA) is 89.3 Å². The minimum Gasteiger partial charge on any atom is -0.320 e. The van der Waals surface area contributed by atoms with E-state index in [0.29, 0.717) is 0 Å². The average Bonchev–Trinajstić information content (AvgIpc) is 1.98. The third-order valence-electron chi connectivity index (χ3n) is 1.85. The lowest BCUT2D eigenvalue weighted by Gasteiger charge is -2.16. The first-order chi connectivity index (χ1) is 5.78. The lowest BCUT2D eigenvalue weighted by molar-refractivity contribution is -0.121. The smallest absolute Gasteiger partial charge is 0.250 e. The molecular weight excluding hydrogens is 192 g/mol. The van der Waals surface area contributed by atoms with Gasteiger partial charge in [-0.05, 0) is 5.92 Å². The van der Waals surface area contributed by atoms with Crippen molar-refractivity contribution in [3.8, 4) is 0 Å². The summed E-state index contributed by atoms with van der Waals surface area (Å²) in [6.45, 7) is 3.69. The largest absolute Gasteiger partial charge is 0.320 e. The van der Waals surface area contributed by atoms with E-state index < -0.39 is 22.0 Å². The molecule has 0 saturated heterocycles. The molecule has 0 unspecified atom stereocenters. The summed E-state index contributed by atoms with van der Waals surface area (Å²) < 4.78 is 23.2. The molecule has 0 spiro atoms. The summed E-state index contributed by atoms with van der Waals surface area (Å²) in [4.78, 5) is 11.1. The van der Waals surface area contributed by atoms with Crippen LogP contribution in [0.4, 0.5) is 0 Å². The minimum atomic E-state index is -3.49. The zero-order chi connectivity index (χ0) is 10.6. The second-order valence-electron chi connectivity index (χ2n) is 3.15. The number of carbonyl (C=O) groups is 1. The molecule has 0 aromatic heterocycles. The summed E-state index contributed by atoms with van der Waals surface area (Å²) in [5, 5.41) is 0. The first-order valence-electron chi connectivity index (χ1n) is 4.05. The maximum Gasteiger partial charge on any atom is 0.250 e. The van der Waals surface area contributed by atoms with Crippen molar-refractivity contribution >= 4 is 15.9 Å². The fraction of sp³-hybridized carbons (Fsp3) is 0.857. The number of hydrogen-bond donors (Lipinski definition) is 2. The van der Waals surface area contributed by atoms with Crippen LogP contribution in [0.15, 0.2) is 0 Å². The van der Waals surface area contributed by atoms with Gasteiger partial charge < -0.3 is 5.73 Å². The summed E-state index contributed by atoms with van der Waals surface area (Å²) in [6, 6.07) is -0.764. The molecule has 0 saturated carbocycles. The number of sulfonamides is 1. The first-order valence-corrected chi connectivity index (χ1v) is 5.94. The van der Waals surface area contributed by atoms with Crippen LogP contribution in [-0.2, 0) is 14.8 Å². The van der Waals surface area contributed by atoms with Crippen molar-refractivity contribution in [2.24, 2.45) is 11.7 Å². The standard InChI is InChI=1S/C7H16N2O3S/c1-4-5(2)6(8)7(10)9-13(3,11)12/h5-6H,4,8H2,1-3H3,(H,9,10)/t5-,6-/m0/s1. The molecule has 1 amide bonds. The van der Waals surface area contributed by atoms with Crippen molar-refractivity contribution in [2.45, 2.75) is 26.3 Å². The Balaban J connectivity index is 4.28. The lowest BCUT2D eigenvalue weighted by atomic mass is 10.00. The highest BCUT2D eigenvalue weighted by Gasteiger charge is 2.21. The van der Waals surface area contributed by atoms with Gasteiger partial charge in [-0.15, -0.1) is 0 Å². The molecular formula is C7H16N2O3S. The number of rotatable bonds is 4. The Bertz CT molecular complexity index is 273. The number of amides is 1. The Kier molecular flexibility index (Phi) is 4.35. The van der Waals surface area contributed by atoms with Crippen LogP contribution in [0.2, 0.25) is 0 Å². The van der Waals surface area contributed by atoms with E-state index in [1.165, 1.54) is 0 Å². The van der Waals surface area contributed by atoms with Gasteiger partial charge in [0.15, 0.2) is 0 Å². The molecule has 0 aliphatic heterocycles. The average molecular weight is 208 g/mol. The Morgan fingerprint density at radius 1 is 1.54 bits per heavy atom. The zero-order valence-electron chi connectivity index (χ0n) is 8.07. The van der Waals surface area contributed by atoms with Crippen LogP contribution in [-0.4, -0.2) is 26.6 Å². The van der Waals surface area contributed by atoms with Gasteiger partial charge in [-0.3, -0.25) is 9.52 Å². The van der Waals surface area contributed by atoms with Gasteiger partial charge in [-0.1, -0.05) is 20.3 Å². The van der Waals surface area contributed by atoms with Crippen molar-refractivity contribution < 1.29 is 13.2 Å². The molecule has 3 N–H and O–H groups in total. The van der Waals surface area contributed by atoms with Crippen LogP contribution < -0.4 is 10.5 Å². The molecule has 2 atom stereocenters. The molecule has 0 fully saturated rings. The van der Waals surface area contributed by atoms with Gasteiger partial charge in [0, 0.05) is 0 Å². The summed E-state index contributed by atoms with van der Waals surface area (Å²) in [5.41, 5.74) is 5.50. The normalized spacial score (nSPS) is 16.3. The number of carbonyl (C=O) groups excluding carboxylic acids is 1. The van der Waals surface area contributed by atoms with E-state index in [9.17, 15) is 13.2 Å². The van der Waals surface area contributed by atoms with E-state index >= 15 is 0 Å². The Morgan fingerprint density at radius 2 is 2.00 bits per heavy atom. The Labute approximate surface area is 78.7 Å². The SMILES string of the molecule is CC[C@H](C)[C@H](N)C(=O)NS(C)(=O)=O. The number of hydrogen-bond acceptors (Lipinski definition) is 4. The maximum atomic E-state index is 11.1. The van der Waals surface area contributed by atoms with E-state index in [2.05, 4.69) is 0 Å². The molecule has 0 rings (SSSR count). The fourth-order valence-corrected chi connectivity index (χ4v) is 1.26. The maximum absolute atomic E-state index is 11.1. The molecule has 5 nitrogen and oxygen atoms in total. The highest BCUT2D eigenvalue weighted by Crippen LogP contribution is 2.05. The van der Waals surface area contributed by atoms with E-state index in [1.807, 2.05) is 11.6 Å². The number of nitrogens with one attached hydrogen (secondary N) is 1. The molecule has 13 heavy (non-hydrogen) atoms. The Morgan fingerprint density at radius 3 is 2.31 bits per heavy atom. The highest BCUT2D eigenvalue weighted by atomic mass is 32.2. The van der Waals surface area contributed by atoms with Gasteiger partial charge in [0.25, 0.3) is 5.91 Å². The molecule has 0 aliphatic carbocycles. The van der Waals surface area contributed by atoms with Crippen LogP contribution in [0.3, 0.4) is 0 Å². The van der Waals surface area contributed by atoms with Crippen molar-refractivity contribution in [3.05, 3.63) is 0 Å². The van der Waals surface area contributed by atoms with Gasteiger partial charge in [0.05, 0.1) is 12.3 Å². The van der Waals surface area contributed by atoms with Crippen LogP contribution in [0.5, 0.6) is 0 Å². The van der Waals surface area contributed by atoms with Crippen molar-refractivity contribution in [1.29, 1.82) is 0 Å². The van der Waals surface area contributed by atoms with Crippen LogP contribution in [0, 0.1) is 5.92 Å². The molecule has 78 valence electrons. The molecule has 6 heteroatoms. The van der Waals surface area contributed by atoms with Crippen LogP contribution in [0.1, 0.15) is 20.3 Å². The first kappa shape index (κ1) is 12.4. The molecule has 0 aliphatic rings. The van der Waals surface area contributed by atoms with Gasteiger partial charge in [-0.25, -0.2) is 8.42 Å². The van der Waals surface area contributed by atoms with Crippen LogP contribution >= 0.6 is 0 Å². The molecule has 0 heterocycles. The van der Waals surface area contributed by atoms with Gasteiger partial charge in [-0.2, -0.15) is 0 Å². The molecule has 0 aromatic carbocycles. The monoisotopic (exact) mass is 208 g/mol. The summed E-state index contributed by atoms with van der Waals surface area (Å²) >= 11 is 0. The summed E-state index contributed by atoms with van der Waals surface area (Å²) in [6.07, 6.45) is 1.66. The summed E-state index contributed by atoms with van der Waals surface area (Å²) in [7, 11) is -3.49. The molecule has 0 aromatic rings. The predicted molar refractivity (Wildman–Crippen MR) is 50.4 cm³/mol. The minimum absolute atomic E-state index is 0.0262. The Hall–Kier alpha value is -0.620. The van der Waals surface area contributed by atoms with E-state index in [0.717, 1.165) is 12.7 Å².